The van der Waals surface area contributed by atoms with Crippen LogP contribution in [-0.2, 0) is 11.2 Å². The molecule has 0 bridgehead atoms. The summed E-state index contributed by atoms with van der Waals surface area (Å²) in [5.74, 6) is 0.246. The normalized spacial score (nSPS) is 24.4. The van der Waals surface area contributed by atoms with E-state index in [1.165, 1.54) is 17.5 Å². The third-order valence-electron chi connectivity index (χ3n) is 5.18. The number of fused-ring (bicyclic) bond motifs is 1. The molecule has 1 aliphatic heterocycles. The van der Waals surface area contributed by atoms with Gasteiger partial charge in [0.05, 0.1) is 12.6 Å². The zero-order valence-electron chi connectivity index (χ0n) is 14.1. The lowest BCUT2D eigenvalue weighted by Crippen LogP contribution is -2.53. The number of rotatable bonds is 3. The number of hydrogen-bond donors (Lipinski definition) is 1. The predicted octanol–water partition coefficient (Wildman–Crippen LogP) is 2.24. The summed E-state index contributed by atoms with van der Waals surface area (Å²) in [4.78, 5) is 17.0. The van der Waals surface area contributed by atoms with E-state index in [-0.39, 0.29) is 24.4 Å². The highest BCUT2D eigenvalue weighted by Gasteiger charge is 2.28. The van der Waals surface area contributed by atoms with E-state index in [2.05, 4.69) is 41.4 Å². The Morgan fingerprint density at radius 2 is 2.17 bits per heavy atom. The van der Waals surface area contributed by atoms with Crippen LogP contribution in [0.3, 0.4) is 0 Å². The van der Waals surface area contributed by atoms with Gasteiger partial charge in [0.15, 0.2) is 0 Å². The minimum Gasteiger partial charge on any atom is -0.338 e. The summed E-state index contributed by atoms with van der Waals surface area (Å²) in [6.45, 7) is 5.65. The second-order valence-corrected chi connectivity index (χ2v) is 6.64. The van der Waals surface area contributed by atoms with E-state index in [1.54, 1.807) is 0 Å². The molecule has 5 heteroatoms. The van der Waals surface area contributed by atoms with Crippen molar-refractivity contribution >= 4 is 18.3 Å². The summed E-state index contributed by atoms with van der Waals surface area (Å²) in [5.41, 5.74) is 2.76. The first-order valence-electron chi connectivity index (χ1n) is 8.45. The van der Waals surface area contributed by atoms with E-state index in [9.17, 15) is 4.79 Å². The second-order valence-electron chi connectivity index (χ2n) is 6.64. The summed E-state index contributed by atoms with van der Waals surface area (Å²) >= 11 is 0. The SMILES string of the molecule is C[C@@H]1CNCCN1CC(=O)N(C)C1CCCc2ccccc21.Cl. The molecule has 1 aliphatic carbocycles. The van der Waals surface area contributed by atoms with E-state index in [0.29, 0.717) is 12.6 Å². The van der Waals surface area contributed by atoms with Crippen LogP contribution in [0.5, 0.6) is 0 Å². The standard InChI is InChI=1S/C18H27N3O.ClH/c1-14-12-19-10-11-21(14)13-18(22)20(2)17-9-5-7-15-6-3-4-8-16(15)17;/h3-4,6,8,14,17,19H,5,7,9-13H2,1-2H3;1H/t14-,17?;/m1./s1. The summed E-state index contributed by atoms with van der Waals surface area (Å²) in [5, 5.41) is 3.38. The highest BCUT2D eigenvalue weighted by atomic mass is 35.5. The van der Waals surface area contributed by atoms with Crippen molar-refractivity contribution in [1.82, 2.24) is 15.1 Å². The number of benzene rings is 1. The van der Waals surface area contributed by atoms with Gasteiger partial charge in [-0.1, -0.05) is 24.3 Å². The molecule has 23 heavy (non-hydrogen) atoms. The molecule has 0 saturated carbocycles. The van der Waals surface area contributed by atoms with Gasteiger partial charge in [-0.25, -0.2) is 0 Å². The van der Waals surface area contributed by atoms with Gasteiger partial charge in [0.25, 0.3) is 0 Å². The number of amides is 1. The smallest absolute Gasteiger partial charge is 0.237 e. The molecule has 0 spiro atoms. The van der Waals surface area contributed by atoms with Crippen molar-refractivity contribution in [3.05, 3.63) is 35.4 Å². The number of hydrogen-bond acceptors (Lipinski definition) is 3. The van der Waals surface area contributed by atoms with Crippen LogP contribution in [0, 0.1) is 0 Å². The molecule has 1 amide bonds. The topological polar surface area (TPSA) is 35.6 Å². The minimum absolute atomic E-state index is 0. The first-order valence-corrected chi connectivity index (χ1v) is 8.45. The number of piperazine rings is 1. The van der Waals surface area contributed by atoms with E-state index >= 15 is 0 Å². The minimum atomic E-state index is 0. The van der Waals surface area contributed by atoms with Crippen LogP contribution < -0.4 is 5.32 Å². The Morgan fingerprint density at radius 1 is 1.39 bits per heavy atom. The molecule has 0 aromatic heterocycles. The van der Waals surface area contributed by atoms with Gasteiger partial charge in [0.1, 0.15) is 0 Å². The quantitative estimate of drug-likeness (QED) is 0.918. The van der Waals surface area contributed by atoms with Gasteiger partial charge in [-0.05, 0) is 37.3 Å². The summed E-state index contributed by atoms with van der Waals surface area (Å²) in [6.07, 6.45) is 3.39. The van der Waals surface area contributed by atoms with Crippen LogP contribution in [0.25, 0.3) is 0 Å². The average Bonchev–Trinajstić information content (AvgIpc) is 2.55. The molecule has 1 N–H and O–H groups in total. The summed E-state index contributed by atoms with van der Waals surface area (Å²) < 4.78 is 0. The van der Waals surface area contributed by atoms with Crippen molar-refractivity contribution in [3.8, 4) is 0 Å². The van der Waals surface area contributed by atoms with Crippen molar-refractivity contribution < 1.29 is 4.79 Å². The van der Waals surface area contributed by atoms with Gasteiger partial charge in [-0.2, -0.15) is 0 Å². The van der Waals surface area contributed by atoms with Gasteiger partial charge in [0.2, 0.25) is 5.91 Å². The van der Waals surface area contributed by atoms with E-state index in [0.717, 1.165) is 32.5 Å². The van der Waals surface area contributed by atoms with E-state index < -0.39 is 0 Å². The number of nitrogens with one attached hydrogen (secondary N) is 1. The highest BCUT2D eigenvalue weighted by Crippen LogP contribution is 2.33. The van der Waals surface area contributed by atoms with Crippen LogP contribution >= 0.6 is 12.4 Å². The van der Waals surface area contributed by atoms with Crippen molar-refractivity contribution in [2.24, 2.45) is 0 Å². The Kier molecular flexibility index (Phi) is 6.45. The summed E-state index contributed by atoms with van der Waals surface area (Å²) in [7, 11) is 1.97. The van der Waals surface area contributed by atoms with Crippen molar-refractivity contribution in [2.45, 2.75) is 38.3 Å². The van der Waals surface area contributed by atoms with Gasteiger partial charge in [0, 0.05) is 32.7 Å². The average molecular weight is 338 g/mol. The molecule has 4 nitrogen and oxygen atoms in total. The van der Waals surface area contributed by atoms with Gasteiger partial charge < -0.3 is 10.2 Å². The third kappa shape index (κ3) is 4.06. The Hall–Kier alpha value is -1.10. The Bertz CT molecular complexity index is 537. The molecular weight excluding hydrogens is 310 g/mol. The van der Waals surface area contributed by atoms with Crippen molar-refractivity contribution in [1.29, 1.82) is 0 Å². The van der Waals surface area contributed by atoms with Crippen LogP contribution in [0.15, 0.2) is 24.3 Å². The fourth-order valence-electron chi connectivity index (χ4n) is 3.71. The van der Waals surface area contributed by atoms with E-state index in [4.69, 9.17) is 0 Å². The molecule has 3 rings (SSSR count). The number of likely N-dealkylation sites (N-methyl/N-ethyl adjacent to an activating group) is 1. The van der Waals surface area contributed by atoms with Gasteiger partial charge in [-0.15, -0.1) is 12.4 Å². The fourth-order valence-corrected chi connectivity index (χ4v) is 3.71. The van der Waals surface area contributed by atoms with Crippen LogP contribution in [0.1, 0.15) is 36.9 Å². The Balaban J connectivity index is 0.00000192. The maximum absolute atomic E-state index is 12.7. The first-order chi connectivity index (χ1) is 10.7. The fraction of sp³-hybridized carbons (Fsp3) is 0.611. The van der Waals surface area contributed by atoms with Gasteiger partial charge in [-0.3, -0.25) is 9.69 Å². The first kappa shape index (κ1) is 18.2. The monoisotopic (exact) mass is 337 g/mol. The zero-order valence-corrected chi connectivity index (χ0v) is 14.9. The molecule has 1 saturated heterocycles. The largest absolute Gasteiger partial charge is 0.338 e. The van der Waals surface area contributed by atoms with Crippen LogP contribution in [0.4, 0.5) is 0 Å². The lowest BCUT2D eigenvalue weighted by atomic mass is 9.87. The molecule has 2 aliphatic rings. The molecule has 1 unspecified atom stereocenters. The van der Waals surface area contributed by atoms with Crippen molar-refractivity contribution in [2.75, 3.05) is 33.2 Å². The number of aryl methyl sites for hydroxylation is 1. The second kappa shape index (κ2) is 8.13. The Labute approximate surface area is 145 Å². The zero-order chi connectivity index (χ0) is 15.5. The molecule has 1 heterocycles. The molecule has 1 fully saturated rings. The van der Waals surface area contributed by atoms with Crippen LogP contribution in [0.2, 0.25) is 0 Å². The maximum Gasteiger partial charge on any atom is 0.237 e. The number of nitrogens with zero attached hydrogens (tertiary/aromatic N) is 2. The molecule has 0 radical (unpaired) electrons. The number of carbonyl (C=O) groups excluding carboxylic acids is 1. The third-order valence-corrected chi connectivity index (χ3v) is 5.18. The lowest BCUT2D eigenvalue weighted by molar-refractivity contribution is -0.134. The van der Waals surface area contributed by atoms with Crippen LogP contribution in [-0.4, -0.2) is 55.0 Å². The maximum atomic E-state index is 12.7. The highest BCUT2D eigenvalue weighted by molar-refractivity contribution is 5.85. The Morgan fingerprint density at radius 3 is 2.96 bits per heavy atom. The molecular formula is C18H28ClN3O. The van der Waals surface area contributed by atoms with E-state index in [1.807, 2.05) is 11.9 Å². The van der Waals surface area contributed by atoms with Gasteiger partial charge >= 0.3 is 0 Å². The predicted molar refractivity (Wildman–Crippen MR) is 96.0 cm³/mol. The molecule has 128 valence electrons. The van der Waals surface area contributed by atoms with Crippen molar-refractivity contribution in [3.63, 3.8) is 0 Å². The number of carbonyl (C=O) groups is 1. The molecule has 1 aromatic carbocycles. The summed E-state index contributed by atoms with van der Waals surface area (Å²) in [6, 6.07) is 9.27. The molecule has 1 aromatic rings. The number of halogens is 1. The lowest BCUT2D eigenvalue weighted by Gasteiger charge is -2.37. The molecule has 2 atom stereocenters.